The number of carbonyl (C=O) groups excluding carboxylic acids is 1. The first-order valence-corrected chi connectivity index (χ1v) is 5.42. The highest BCUT2D eigenvalue weighted by Gasteiger charge is 2.13. The number of para-hydroxylation sites is 1. The third kappa shape index (κ3) is 5.73. The van der Waals surface area contributed by atoms with Crippen molar-refractivity contribution in [2.75, 3.05) is 19.8 Å². The Balaban J connectivity index is 2.37. The summed E-state index contributed by atoms with van der Waals surface area (Å²) in [5, 5.41) is 24.8. The minimum Gasteiger partial charge on any atom is -0.478 e. The van der Waals surface area contributed by atoms with Crippen molar-refractivity contribution in [1.82, 2.24) is 5.39 Å². The van der Waals surface area contributed by atoms with E-state index in [-0.39, 0.29) is 24.5 Å². The summed E-state index contributed by atoms with van der Waals surface area (Å²) in [6.45, 7) is -0.715. The lowest BCUT2D eigenvalue weighted by atomic mass is 10.2. The zero-order valence-corrected chi connectivity index (χ0v) is 10.3. The van der Waals surface area contributed by atoms with Crippen molar-refractivity contribution in [3.8, 4) is 5.75 Å². The van der Waals surface area contributed by atoms with Crippen LogP contribution >= 0.6 is 0 Å². The van der Waals surface area contributed by atoms with Crippen molar-refractivity contribution in [1.29, 1.82) is 0 Å². The molecule has 0 fully saturated rings. The van der Waals surface area contributed by atoms with Crippen LogP contribution < -0.4 is 4.74 Å². The monoisotopic (exact) mass is 287 g/mol. The van der Waals surface area contributed by atoms with Gasteiger partial charge in [-0.3, -0.25) is 10.4 Å². The van der Waals surface area contributed by atoms with Gasteiger partial charge in [-0.1, -0.05) is 12.1 Å². The van der Waals surface area contributed by atoms with Crippen molar-refractivity contribution in [2.45, 2.75) is 0 Å². The molecule has 0 saturated carbocycles. The summed E-state index contributed by atoms with van der Waals surface area (Å²) in [6, 6.07) is 5.68. The molecular formula is C11H13NO8. The molecule has 0 saturated heterocycles. The smallest absolute Gasteiger partial charge is 0.339 e. The number of hydrogen-bond acceptors (Lipinski definition) is 8. The summed E-state index contributed by atoms with van der Waals surface area (Å²) in [5.41, 5.74) is -0.139. The largest absolute Gasteiger partial charge is 0.478 e. The highest BCUT2D eigenvalue weighted by Crippen LogP contribution is 2.17. The Bertz CT molecular complexity index is 461. The van der Waals surface area contributed by atoms with Crippen LogP contribution in [0.4, 0.5) is 0 Å². The lowest BCUT2D eigenvalue weighted by Crippen LogP contribution is -2.21. The second-order valence-corrected chi connectivity index (χ2v) is 3.41. The maximum absolute atomic E-state index is 11.4. The molecule has 0 aliphatic carbocycles. The molecule has 0 spiro atoms. The maximum atomic E-state index is 11.4. The molecule has 0 aliphatic heterocycles. The molecule has 110 valence electrons. The van der Waals surface area contributed by atoms with Crippen molar-refractivity contribution < 1.29 is 39.4 Å². The summed E-state index contributed by atoms with van der Waals surface area (Å²) >= 11 is 0. The molecular weight excluding hydrogens is 274 g/mol. The Kier molecular flexibility index (Phi) is 6.56. The third-order valence-electron chi connectivity index (χ3n) is 2.00. The lowest BCUT2D eigenvalue weighted by molar-refractivity contribution is -0.493. The van der Waals surface area contributed by atoms with Crippen LogP contribution in [0.5, 0.6) is 5.75 Å². The first kappa shape index (κ1) is 16.0. The Morgan fingerprint density at radius 2 is 1.85 bits per heavy atom. The predicted molar refractivity (Wildman–Crippen MR) is 61.2 cm³/mol. The number of carbonyl (C=O) groups is 2. The van der Waals surface area contributed by atoms with Gasteiger partial charge >= 0.3 is 11.9 Å². The van der Waals surface area contributed by atoms with E-state index >= 15 is 0 Å². The van der Waals surface area contributed by atoms with Gasteiger partial charge in [-0.05, 0) is 12.1 Å². The second-order valence-electron chi connectivity index (χ2n) is 3.41. The molecule has 0 radical (unpaired) electrons. The van der Waals surface area contributed by atoms with Crippen molar-refractivity contribution in [3.63, 3.8) is 0 Å². The van der Waals surface area contributed by atoms with Crippen LogP contribution in [0.1, 0.15) is 10.4 Å². The Morgan fingerprint density at radius 1 is 1.15 bits per heavy atom. The summed E-state index contributed by atoms with van der Waals surface area (Å²) in [7, 11) is 0. The molecule has 20 heavy (non-hydrogen) atoms. The Hall–Kier alpha value is -2.04. The zero-order chi connectivity index (χ0) is 15.0. The number of hydrogen-bond donors (Lipinski definition) is 3. The fourth-order valence-electron chi connectivity index (χ4n) is 1.22. The SMILES string of the molecule is O=C(COCCON(O)O)Oc1ccccc1C(=O)O. The van der Waals surface area contributed by atoms with Crippen LogP contribution in [0.2, 0.25) is 0 Å². The van der Waals surface area contributed by atoms with Crippen LogP contribution in [0.15, 0.2) is 24.3 Å². The molecule has 0 aromatic heterocycles. The first-order chi connectivity index (χ1) is 9.50. The molecule has 1 rings (SSSR count). The van der Waals surface area contributed by atoms with E-state index in [9.17, 15) is 9.59 Å². The van der Waals surface area contributed by atoms with Gasteiger partial charge in [0.05, 0.1) is 18.6 Å². The van der Waals surface area contributed by atoms with Crippen molar-refractivity contribution in [3.05, 3.63) is 29.8 Å². The average molecular weight is 287 g/mol. The van der Waals surface area contributed by atoms with Gasteiger partial charge in [0.2, 0.25) is 0 Å². The average Bonchev–Trinajstić information content (AvgIpc) is 2.38. The predicted octanol–water partition coefficient (Wildman–Crippen LogP) is 0.319. The molecule has 1 aromatic carbocycles. The number of benzene rings is 1. The van der Waals surface area contributed by atoms with Gasteiger partial charge in [-0.15, -0.1) is 0 Å². The van der Waals surface area contributed by atoms with E-state index in [2.05, 4.69) is 4.84 Å². The van der Waals surface area contributed by atoms with E-state index in [1.165, 1.54) is 24.3 Å². The van der Waals surface area contributed by atoms with E-state index in [1.54, 1.807) is 0 Å². The summed E-state index contributed by atoms with van der Waals surface area (Å²) in [6.07, 6.45) is 0. The molecule has 9 heteroatoms. The fraction of sp³-hybridized carbons (Fsp3) is 0.273. The number of nitrogens with zero attached hydrogens (tertiary/aromatic N) is 1. The van der Waals surface area contributed by atoms with Gasteiger partial charge in [-0.25, -0.2) is 14.4 Å². The van der Waals surface area contributed by atoms with Crippen LogP contribution in [-0.4, -0.2) is 52.7 Å². The number of carboxylic acid groups (broad SMARTS) is 1. The minimum absolute atomic E-state index is 0.0817. The topological polar surface area (TPSA) is 126 Å². The number of rotatable bonds is 8. The number of aromatic carboxylic acids is 1. The summed E-state index contributed by atoms with van der Waals surface area (Å²) in [5.74, 6) is -2.08. The molecule has 0 bridgehead atoms. The van der Waals surface area contributed by atoms with Gasteiger partial charge in [-0.2, -0.15) is 0 Å². The quantitative estimate of drug-likeness (QED) is 0.268. The molecule has 1 aromatic rings. The molecule has 3 N–H and O–H groups in total. The van der Waals surface area contributed by atoms with Crippen LogP contribution in [0.25, 0.3) is 0 Å². The van der Waals surface area contributed by atoms with E-state index < -0.39 is 23.9 Å². The minimum atomic E-state index is -1.21. The highest BCUT2D eigenvalue weighted by atomic mass is 17.1. The highest BCUT2D eigenvalue weighted by molar-refractivity contribution is 5.92. The number of esters is 1. The lowest BCUT2D eigenvalue weighted by Gasteiger charge is -2.08. The molecule has 0 unspecified atom stereocenters. The number of ether oxygens (including phenoxy) is 2. The standard InChI is InChI=1S/C11H13NO8/c13-10(7-18-5-6-19-12(16)17)20-9-4-2-1-3-8(9)11(14)15/h1-4,16-17H,5-7H2,(H,14,15). The second kappa shape index (κ2) is 8.19. The van der Waals surface area contributed by atoms with Gasteiger partial charge < -0.3 is 14.6 Å². The Labute approximate surface area is 113 Å². The molecule has 0 atom stereocenters. The van der Waals surface area contributed by atoms with E-state index in [0.717, 1.165) is 0 Å². The molecule has 9 nitrogen and oxygen atoms in total. The molecule has 0 heterocycles. The normalized spacial score (nSPS) is 10.6. The first-order valence-electron chi connectivity index (χ1n) is 5.42. The van der Waals surface area contributed by atoms with Crippen LogP contribution in [-0.2, 0) is 14.4 Å². The summed E-state index contributed by atoms with van der Waals surface area (Å²) in [4.78, 5) is 26.5. The van der Waals surface area contributed by atoms with E-state index in [0.29, 0.717) is 0 Å². The van der Waals surface area contributed by atoms with Crippen LogP contribution in [0.3, 0.4) is 0 Å². The molecule has 0 aliphatic rings. The van der Waals surface area contributed by atoms with Crippen molar-refractivity contribution in [2.24, 2.45) is 0 Å². The maximum Gasteiger partial charge on any atom is 0.339 e. The van der Waals surface area contributed by atoms with E-state index in [1.807, 2.05) is 0 Å². The van der Waals surface area contributed by atoms with Gasteiger partial charge in [0.25, 0.3) is 0 Å². The number of carboxylic acids is 1. The third-order valence-corrected chi connectivity index (χ3v) is 2.00. The van der Waals surface area contributed by atoms with Crippen molar-refractivity contribution >= 4 is 11.9 Å². The van der Waals surface area contributed by atoms with Gasteiger partial charge in [0, 0.05) is 0 Å². The summed E-state index contributed by atoms with van der Waals surface area (Å²) < 4.78 is 9.66. The molecule has 0 amide bonds. The van der Waals surface area contributed by atoms with Gasteiger partial charge in [0.1, 0.15) is 17.9 Å². The zero-order valence-electron chi connectivity index (χ0n) is 10.3. The fourth-order valence-corrected chi connectivity index (χ4v) is 1.22. The Morgan fingerprint density at radius 3 is 2.50 bits per heavy atom. The van der Waals surface area contributed by atoms with Gasteiger partial charge in [0.15, 0.2) is 0 Å². The van der Waals surface area contributed by atoms with E-state index in [4.69, 9.17) is 25.0 Å². The van der Waals surface area contributed by atoms with Crippen LogP contribution in [0, 0.1) is 0 Å².